The number of carboxylic acid groups (broad SMARTS) is 1. The average Bonchev–Trinajstić information content (AvgIpc) is 2.82. The Morgan fingerprint density at radius 1 is 0.971 bits per heavy atom. The third-order valence-corrected chi connectivity index (χ3v) is 4.97. The highest BCUT2D eigenvalue weighted by molar-refractivity contribution is 5.95. The molecule has 2 rings (SSSR count). The van der Waals surface area contributed by atoms with Gasteiger partial charge in [0.15, 0.2) is 18.1 Å². The van der Waals surface area contributed by atoms with Crippen LogP contribution in [0.5, 0.6) is 11.5 Å². The Morgan fingerprint density at radius 3 is 2.17 bits per heavy atom. The van der Waals surface area contributed by atoms with E-state index in [0.717, 1.165) is 12.1 Å². The van der Waals surface area contributed by atoms with E-state index in [0.29, 0.717) is 37.4 Å². The molecule has 0 fully saturated rings. The second-order valence-corrected chi connectivity index (χ2v) is 7.47. The molecule has 0 aromatic heterocycles. The van der Waals surface area contributed by atoms with Crippen LogP contribution in [0.15, 0.2) is 42.5 Å². The molecule has 190 valence electrons. The van der Waals surface area contributed by atoms with Crippen LogP contribution in [0.25, 0.3) is 5.57 Å². The fraction of sp³-hybridized carbons (Fsp3) is 0.360. The van der Waals surface area contributed by atoms with E-state index >= 15 is 0 Å². The fourth-order valence-corrected chi connectivity index (χ4v) is 3.04. The summed E-state index contributed by atoms with van der Waals surface area (Å²) in [6, 6.07) is 8.09. The molecular formula is C25H29F2NO7. The minimum Gasteiger partial charge on any atom is -0.485 e. The second kappa shape index (κ2) is 14.0. The molecule has 0 aliphatic heterocycles. The van der Waals surface area contributed by atoms with Crippen molar-refractivity contribution in [3.05, 3.63) is 65.2 Å². The van der Waals surface area contributed by atoms with E-state index in [2.05, 4.69) is 0 Å². The molecule has 0 saturated heterocycles. The Kier molecular flexibility index (Phi) is 11.1. The van der Waals surface area contributed by atoms with E-state index in [1.165, 1.54) is 24.3 Å². The minimum absolute atomic E-state index is 0.0532. The highest BCUT2D eigenvalue weighted by atomic mass is 19.1. The molecule has 0 saturated carbocycles. The number of aliphatic carboxylic acids is 1. The predicted molar refractivity (Wildman–Crippen MR) is 124 cm³/mol. The summed E-state index contributed by atoms with van der Waals surface area (Å²) in [5.74, 6) is -2.84. The zero-order chi connectivity index (χ0) is 25.8. The molecule has 1 N–H and O–H groups in total. The van der Waals surface area contributed by atoms with E-state index in [4.69, 9.17) is 24.1 Å². The number of carboxylic acids is 1. The summed E-state index contributed by atoms with van der Waals surface area (Å²) in [5.41, 5.74) is 0.887. The first-order valence-corrected chi connectivity index (χ1v) is 10.8. The van der Waals surface area contributed by atoms with Crippen molar-refractivity contribution in [3.8, 4) is 11.5 Å². The summed E-state index contributed by atoms with van der Waals surface area (Å²) in [6.45, 7) is 2.13. The van der Waals surface area contributed by atoms with Crippen LogP contribution in [0, 0.1) is 11.6 Å². The zero-order valence-electron chi connectivity index (χ0n) is 19.9. The highest BCUT2D eigenvalue weighted by Crippen LogP contribution is 2.32. The number of methoxy groups -OCH3 is 2. The zero-order valence-corrected chi connectivity index (χ0v) is 19.9. The molecule has 2 aromatic rings. The Bertz CT molecular complexity index is 1010. The molecular weight excluding hydrogens is 464 g/mol. The maximum atomic E-state index is 13.9. The Balaban J connectivity index is 2.27. The SMILES string of the molecule is COCCN(CCOC)C(=O)/C=C(\C)c1ccc(OCc2c(F)cccc2F)c(OCC(=O)O)c1. The van der Waals surface area contributed by atoms with Crippen molar-refractivity contribution in [2.75, 3.05) is 47.1 Å². The third kappa shape index (κ3) is 8.66. The van der Waals surface area contributed by atoms with Crippen LogP contribution in [0.1, 0.15) is 18.1 Å². The average molecular weight is 494 g/mol. The molecule has 0 aliphatic carbocycles. The largest absolute Gasteiger partial charge is 0.485 e. The molecule has 0 heterocycles. The van der Waals surface area contributed by atoms with Crippen molar-refractivity contribution in [1.29, 1.82) is 0 Å². The monoisotopic (exact) mass is 493 g/mol. The lowest BCUT2D eigenvalue weighted by molar-refractivity contribution is -0.139. The predicted octanol–water partition coefficient (Wildman–Crippen LogP) is 3.53. The third-order valence-electron chi connectivity index (χ3n) is 4.97. The number of hydrogen-bond acceptors (Lipinski definition) is 6. The van der Waals surface area contributed by atoms with Crippen LogP contribution in [0.3, 0.4) is 0 Å². The summed E-state index contributed by atoms with van der Waals surface area (Å²) in [6.07, 6.45) is 1.44. The quantitative estimate of drug-likeness (QED) is 0.403. The van der Waals surface area contributed by atoms with Crippen LogP contribution in [0.4, 0.5) is 8.78 Å². The molecule has 1 amide bonds. The van der Waals surface area contributed by atoms with Gasteiger partial charge in [-0.1, -0.05) is 12.1 Å². The van der Waals surface area contributed by atoms with E-state index in [1.807, 2.05) is 0 Å². The summed E-state index contributed by atoms with van der Waals surface area (Å²) in [7, 11) is 3.09. The van der Waals surface area contributed by atoms with Crippen molar-refractivity contribution < 1.29 is 42.4 Å². The van der Waals surface area contributed by atoms with Crippen LogP contribution >= 0.6 is 0 Å². The van der Waals surface area contributed by atoms with Crippen LogP contribution in [-0.4, -0.2) is 69.0 Å². The van der Waals surface area contributed by atoms with Crippen molar-refractivity contribution in [1.82, 2.24) is 4.90 Å². The molecule has 10 heteroatoms. The van der Waals surface area contributed by atoms with Gasteiger partial charge >= 0.3 is 5.97 Å². The summed E-state index contributed by atoms with van der Waals surface area (Å²) in [5, 5.41) is 9.00. The smallest absolute Gasteiger partial charge is 0.341 e. The number of rotatable bonds is 14. The second-order valence-electron chi connectivity index (χ2n) is 7.47. The first-order valence-electron chi connectivity index (χ1n) is 10.8. The maximum Gasteiger partial charge on any atom is 0.341 e. The summed E-state index contributed by atoms with van der Waals surface area (Å²) < 4.78 is 48.8. The fourth-order valence-electron chi connectivity index (χ4n) is 3.04. The van der Waals surface area contributed by atoms with Gasteiger partial charge in [0, 0.05) is 33.4 Å². The van der Waals surface area contributed by atoms with E-state index < -0.39 is 30.8 Å². The van der Waals surface area contributed by atoms with Gasteiger partial charge in [0.05, 0.1) is 18.8 Å². The molecule has 0 radical (unpaired) electrons. The lowest BCUT2D eigenvalue weighted by Gasteiger charge is -2.21. The molecule has 8 nitrogen and oxygen atoms in total. The van der Waals surface area contributed by atoms with Gasteiger partial charge in [0.1, 0.15) is 18.2 Å². The normalized spacial score (nSPS) is 11.3. The number of amides is 1. The first-order chi connectivity index (χ1) is 16.8. The van der Waals surface area contributed by atoms with Gasteiger partial charge in [-0.2, -0.15) is 0 Å². The number of allylic oxidation sites excluding steroid dienone is 1. The molecule has 0 spiro atoms. The van der Waals surface area contributed by atoms with E-state index in [9.17, 15) is 18.4 Å². The Labute approximate surface area is 202 Å². The lowest BCUT2D eigenvalue weighted by Crippen LogP contribution is -2.35. The van der Waals surface area contributed by atoms with Crippen LogP contribution in [-0.2, 0) is 25.7 Å². The van der Waals surface area contributed by atoms with Crippen molar-refractivity contribution in [2.45, 2.75) is 13.5 Å². The molecule has 0 aliphatic rings. The number of ether oxygens (including phenoxy) is 4. The standard InChI is InChI=1S/C25H29F2NO7/c1-17(13-24(29)28(9-11-32-2)10-12-33-3)18-7-8-22(23(14-18)35-16-25(30)31)34-15-19-20(26)5-4-6-21(19)27/h4-8,13-14H,9-12,15-16H2,1-3H3,(H,30,31)/b17-13+. The van der Waals surface area contributed by atoms with Crippen LogP contribution < -0.4 is 9.47 Å². The molecule has 2 aromatic carbocycles. The number of carbonyl (C=O) groups excluding carboxylic acids is 1. The Morgan fingerprint density at radius 2 is 1.60 bits per heavy atom. The number of hydrogen-bond donors (Lipinski definition) is 1. The van der Waals surface area contributed by atoms with E-state index in [-0.39, 0.29) is 23.0 Å². The molecule has 0 unspecified atom stereocenters. The number of halogens is 2. The van der Waals surface area contributed by atoms with Gasteiger partial charge in [0.25, 0.3) is 0 Å². The van der Waals surface area contributed by atoms with Gasteiger partial charge in [-0.15, -0.1) is 0 Å². The topological polar surface area (TPSA) is 94.5 Å². The van der Waals surface area contributed by atoms with Gasteiger partial charge in [0.2, 0.25) is 5.91 Å². The summed E-state index contributed by atoms with van der Waals surface area (Å²) in [4.78, 5) is 25.4. The van der Waals surface area contributed by atoms with Gasteiger partial charge < -0.3 is 29.0 Å². The minimum atomic E-state index is -1.21. The van der Waals surface area contributed by atoms with Gasteiger partial charge in [-0.25, -0.2) is 13.6 Å². The number of carbonyl (C=O) groups is 2. The molecule has 0 atom stereocenters. The maximum absolute atomic E-state index is 13.9. The first kappa shape index (κ1) is 27.7. The van der Waals surface area contributed by atoms with Crippen molar-refractivity contribution in [3.63, 3.8) is 0 Å². The number of nitrogens with zero attached hydrogens (tertiary/aromatic N) is 1. The molecule has 35 heavy (non-hydrogen) atoms. The molecule has 0 bridgehead atoms. The van der Waals surface area contributed by atoms with Gasteiger partial charge in [-0.3, -0.25) is 4.79 Å². The Hall–Kier alpha value is -3.50. The van der Waals surface area contributed by atoms with Crippen LogP contribution in [0.2, 0.25) is 0 Å². The van der Waals surface area contributed by atoms with Crippen molar-refractivity contribution >= 4 is 17.4 Å². The summed E-state index contributed by atoms with van der Waals surface area (Å²) >= 11 is 0. The highest BCUT2D eigenvalue weighted by Gasteiger charge is 2.15. The lowest BCUT2D eigenvalue weighted by atomic mass is 10.1. The van der Waals surface area contributed by atoms with E-state index in [1.54, 1.807) is 32.1 Å². The van der Waals surface area contributed by atoms with Crippen molar-refractivity contribution in [2.24, 2.45) is 0 Å². The van der Waals surface area contributed by atoms with Gasteiger partial charge in [-0.05, 0) is 42.3 Å². The number of benzene rings is 2.